The molecule has 0 bridgehead atoms. The van der Waals surface area contributed by atoms with Crippen LogP contribution in [0.4, 0.5) is 4.79 Å². The van der Waals surface area contributed by atoms with E-state index in [9.17, 15) is 19.8 Å². The van der Waals surface area contributed by atoms with Gasteiger partial charge in [-0.1, -0.05) is 62.4 Å². The van der Waals surface area contributed by atoms with E-state index in [1.165, 1.54) is 6.07 Å². The van der Waals surface area contributed by atoms with Crippen molar-refractivity contribution in [1.29, 1.82) is 0 Å². The third-order valence-electron chi connectivity index (χ3n) is 7.52. The molecule has 0 aliphatic carbocycles. The van der Waals surface area contributed by atoms with Crippen molar-refractivity contribution in [3.05, 3.63) is 94.0 Å². The van der Waals surface area contributed by atoms with Gasteiger partial charge in [-0.05, 0) is 39.8 Å². The van der Waals surface area contributed by atoms with Gasteiger partial charge in [-0.15, -0.1) is 0 Å². The van der Waals surface area contributed by atoms with Gasteiger partial charge in [0.25, 0.3) is 5.91 Å². The third-order valence-corrected chi connectivity index (χ3v) is 7.52. The Morgan fingerprint density at radius 3 is 2.26 bits per heavy atom. The number of piperazine rings is 1. The first-order valence-corrected chi connectivity index (χ1v) is 13.4. The lowest BCUT2D eigenvalue weighted by Gasteiger charge is -2.34. The molecule has 3 aromatic rings. The highest BCUT2D eigenvalue weighted by atomic mass is 16.6. The first-order valence-electron chi connectivity index (χ1n) is 13.4. The van der Waals surface area contributed by atoms with Crippen molar-refractivity contribution < 1.29 is 24.5 Å². The van der Waals surface area contributed by atoms with Crippen LogP contribution in [0.3, 0.4) is 0 Å². The van der Waals surface area contributed by atoms with Gasteiger partial charge in [0.15, 0.2) is 0 Å². The predicted octanol–water partition coefficient (Wildman–Crippen LogP) is 4.83. The van der Waals surface area contributed by atoms with Crippen LogP contribution in [0.2, 0.25) is 0 Å². The van der Waals surface area contributed by atoms with Gasteiger partial charge < -0.3 is 24.7 Å². The zero-order valence-electron chi connectivity index (χ0n) is 22.5. The summed E-state index contributed by atoms with van der Waals surface area (Å²) >= 11 is 0. The number of hydrogen-bond acceptors (Lipinski definition) is 6. The molecule has 2 amide bonds. The number of nitrogens with zero attached hydrogens (tertiary/aromatic N) is 3. The monoisotopic (exact) mass is 529 g/mol. The molecule has 0 radical (unpaired) electrons. The smallest absolute Gasteiger partial charge is 0.410 e. The lowest BCUT2D eigenvalue weighted by atomic mass is 9.98. The molecule has 2 aliphatic rings. The summed E-state index contributed by atoms with van der Waals surface area (Å²) in [5.74, 6) is -0.431. The van der Waals surface area contributed by atoms with Crippen molar-refractivity contribution in [3.8, 4) is 11.5 Å². The van der Waals surface area contributed by atoms with E-state index in [4.69, 9.17) is 4.74 Å². The Labute approximate surface area is 229 Å². The summed E-state index contributed by atoms with van der Waals surface area (Å²) in [7, 11) is 0. The van der Waals surface area contributed by atoms with Crippen LogP contribution in [0.5, 0.6) is 11.5 Å². The second-order valence-electron chi connectivity index (χ2n) is 10.7. The van der Waals surface area contributed by atoms with E-state index in [-0.39, 0.29) is 41.6 Å². The van der Waals surface area contributed by atoms with Gasteiger partial charge in [-0.3, -0.25) is 9.69 Å². The number of aromatic hydroxyl groups is 2. The number of phenolic OH excluding ortho intramolecular Hbond substituents is 2. The van der Waals surface area contributed by atoms with Gasteiger partial charge >= 0.3 is 6.09 Å². The summed E-state index contributed by atoms with van der Waals surface area (Å²) in [6, 6.07) is 18.9. The number of phenols is 2. The Balaban J connectivity index is 1.15. The standard InChI is InChI=1S/C31H35N3O5/c1-21(2)26-15-27(29(36)16-28(26)35)30(37)34-18-24-9-8-23(14-25(24)19-34)17-32-10-12-33(13-11-32)31(38)39-20-22-6-4-3-5-7-22/h3-9,14-16,21,35-36H,10-13,17-20H2,1-2H3. The van der Waals surface area contributed by atoms with Crippen LogP contribution in [-0.2, 0) is 31.0 Å². The summed E-state index contributed by atoms with van der Waals surface area (Å²) in [5.41, 5.74) is 5.19. The van der Waals surface area contributed by atoms with Crippen molar-refractivity contribution in [1.82, 2.24) is 14.7 Å². The average Bonchev–Trinajstić information content (AvgIpc) is 3.36. The number of carbonyl (C=O) groups excluding carboxylic acids is 2. The van der Waals surface area contributed by atoms with Crippen molar-refractivity contribution >= 4 is 12.0 Å². The fourth-order valence-corrected chi connectivity index (χ4v) is 5.25. The molecule has 2 N–H and O–H groups in total. The molecule has 2 aliphatic heterocycles. The summed E-state index contributed by atoms with van der Waals surface area (Å²) in [6.07, 6.45) is -0.277. The van der Waals surface area contributed by atoms with Crippen LogP contribution < -0.4 is 0 Å². The summed E-state index contributed by atoms with van der Waals surface area (Å²) in [6.45, 7) is 8.64. The molecule has 5 rings (SSSR count). The minimum atomic E-state index is -0.277. The fourth-order valence-electron chi connectivity index (χ4n) is 5.25. The number of carbonyl (C=O) groups is 2. The van der Waals surface area contributed by atoms with E-state index < -0.39 is 0 Å². The second-order valence-corrected chi connectivity index (χ2v) is 10.7. The Kier molecular flexibility index (Phi) is 7.74. The van der Waals surface area contributed by atoms with Crippen LogP contribution in [0, 0.1) is 0 Å². The summed E-state index contributed by atoms with van der Waals surface area (Å²) < 4.78 is 5.47. The number of rotatable bonds is 6. The predicted molar refractivity (Wildman–Crippen MR) is 147 cm³/mol. The molecular weight excluding hydrogens is 494 g/mol. The van der Waals surface area contributed by atoms with Crippen molar-refractivity contribution in [2.75, 3.05) is 26.2 Å². The highest BCUT2D eigenvalue weighted by molar-refractivity contribution is 5.97. The van der Waals surface area contributed by atoms with Gasteiger partial charge in [0, 0.05) is 51.9 Å². The van der Waals surface area contributed by atoms with Crippen LogP contribution in [-0.4, -0.2) is 63.1 Å². The van der Waals surface area contributed by atoms with E-state index in [1.54, 1.807) is 15.9 Å². The number of fused-ring (bicyclic) bond motifs is 1. The van der Waals surface area contributed by atoms with Crippen LogP contribution in [0.1, 0.15) is 57.9 Å². The molecule has 39 heavy (non-hydrogen) atoms. The van der Waals surface area contributed by atoms with Gasteiger partial charge in [-0.25, -0.2) is 4.79 Å². The van der Waals surface area contributed by atoms with E-state index in [2.05, 4.69) is 23.1 Å². The topological polar surface area (TPSA) is 93.6 Å². The highest BCUT2D eigenvalue weighted by Gasteiger charge is 2.28. The normalized spacial score (nSPS) is 15.5. The second kappa shape index (κ2) is 11.4. The number of amides is 2. The Bertz CT molecular complexity index is 1350. The SMILES string of the molecule is CC(C)c1cc(C(=O)N2Cc3ccc(CN4CCN(C(=O)OCc5ccccc5)CC4)cc3C2)c(O)cc1O. The largest absolute Gasteiger partial charge is 0.508 e. The molecule has 1 fully saturated rings. The average molecular weight is 530 g/mol. The molecular formula is C31H35N3O5. The molecule has 2 heterocycles. The number of benzene rings is 3. The van der Waals surface area contributed by atoms with Crippen molar-refractivity contribution in [3.63, 3.8) is 0 Å². The van der Waals surface area contributed by atoms with Crippen LogP contribution in [0.25, 0.3) is 0 Å². The van der Waals surface area contributed by atoms with E-state index in [0.29, 0.717) is 31.7 Å². The Morgan fingerprint density at radius 2 is 1.54 bits per heavy atom. The van der Waals surface area contributed by atoms with Crippen LogP contribution >= 0.6 is 0 Å². The molecule has 204 valence electrons. The minimum Gasteiger partial charge on any atom is -0.508 e. The van der Waals surface area contributed by atoms with Gasteiger partial charge in [0.05, 0.1) is 5.56 Å². The third kappa shape index (κ3) is 6.01. The molecule has 0 saturated carbocycles. The van der Waals surface area contributed by atoms with E-state index in [0.717, 1.165) is 41.9 Å². The lowest BCUT2D eigenvalue weighted by Crippen LogP contribution is -2.48. The molecule has 8 heteroatoms. The zero-order valence-corrected chi connectivity index (χ0v) is 22.5. The maximum absolute atomic E-state index is 13.3. The summed E-state index contributed by atoms with van der Waals surface area (Å²) in [5, 5.41) is 20.5. The summed E-state index contributed by atoms with van der Waals surface area (Å²) in [4.78, 5) is 31.5. The minimum absolute atomic E-state index is 0.00157. The maximum atomic E-state index is 13.3. The fraction of sp³-hybridized carbons (Fsp3) is 0.355. The maximum Gasteiger partial charge on any atom is 0.410 e. The molecule has 8 nitrogen and oxygen atoms in total. The van der Waals surface area contributed by atoms with Crippen molar-refractivity contribution in [2.45, 2.75) is 46.0 Å². The Morgan fingerprint density at radius 1 is 0.821 bits per heavy atom. The van der Waals surface area contributed by atoms with Crippen molar-refractivity contribution in [2.24, 2.45) is 0 Å². The molecule has 0 spiro atoms. The van der Waals surface area contributed by atoms with Crippen LogP contribution in [0.15, 0.2) is 60.7 Å². The lowest BCUT2D eigenvalue weighted by molar-refractivity contribution is 0.0699. The van der Waals surface area contributed by atoms with Gasteiger partial charge in [0.2, 0.25) is 0 Å². The van der Waals surface area contributed by atoms with E-state index >= 15 is 0 Å². The van der Waals surface area contributed by atoms with E-state index in [1.807, 2.05) is 44.2 Å². The van der Waals surface area contributed by atoms with Gasteiger partial charge in [0.1, 0.15) is 18.1 Å². The Hall–Kier alpha value is -4.04. The quantitative estimate of drug-likeness (QED) is 0.475. The highest BCUT2D eigenvalue weighted by Crippen LogP contribution is 2.34. The number of ether oxygens (including phenoxy) is 1. The van der Waals surface area contributed by atoms with Gasteiger partial charge in [-0.2, -0.15) is 0 Å². The molecule has 0 unspecified atom stereocenters. The molecule has 1 saturated heterocycles. The first-order chi connectivity index (χ1) is 18.8. The molecule has 0 atom stereocenters. The number of hydrogen-bond donors (Lipinski definition) is 2. The molecule has 3 aromatic carbocycles. The first kappa shape index (κ1) is 26.6. The molecule has 0 aromatic heterocycles. The zero-order chi connectivity index (χ0) is 27.5.